The number of nitrogens with one attached hydrogen (secondary N) is 2. The van der Waals surface area contributed by atoms with Crippen molar-refractivity contribution in [1.82, 2.24) is 20.1 Å². The largest absolute Gasteiger partial charge is 0.462 e. The number of hydrogen-bond donors (Lipinski definition) is 2. The molecule has 1 atom stereocenters. The lowest BCUT2D eigenvalue weighted by molar-refractivity contribution is -0.115. The summed E-state index contributed by atoms with van der Waals surface area (Å²) in [5.41, 5.74) is 4.50. The summed E-state index contributed by atoms with van der Waals surface area (Å²) in [7, 11) is 0. The van der Waals surface area contributed by atoms with Crippen LogP contribution in [0.15, 0.2) is 40.9 Å². The Hall–Kier alpha value is -3.48. The van der Waals surface area contributed by atoms with E-state index in [0.717, 1.165) is 46.5 Å². The van der Waals surface area contributed by atoms with Gasteiger partial charge < -0.3 is 15.4 Å². The number of aromatic nitrogens is 3. The molecule has 0 spiro atoms. The van der Waals surface area contributed by atoms with Gasteiger partial charge in [-0.1, -0.05) is 30.0 Å². The number of nitrogens with zero attached hydrogens (tertiary/aromatic N) is 3. The smallest absolute Gasteiger partial charge is 0.341 e. The van der Waals surface area contributed by atoms with Crippen LogP contribution in [0.3, 0.4) is 0 Å². The van der Waals surface area contributed by atoms with Crippen LogP contribution in [-0.2, 0) is 28.9 Å². The van der Waals surface area contributed by atoms with Gasteiger partial charge in [0.05, 0.1) is 34.5 Å². The Labute approximate surface area is 250 Å². The van der Waals surface area contributed by atoms with Crippen LogP contribution in [0.25, 0.3) is 5.69 Å². The van der Waals surface area contributed by atoms with Gasteiger partial charge in [0.2, 0.25) is 5.91 Å². The minimum absolute atomic E-state index is 0.169. The average molecular weight is 610 g/mol. The van der Waals surface area contributed by atoms with Crippen molar-refractivity contribution in [2.24, 2.45) is 0 Å². The van der Waals surface area contributed by atoms with Crippen LogP contribution in [0, 0.1) is 13.8 Å². The molecule has 0 saturated heterocycles. The predicted molar refractivity (Wildman–Crippen MR) is 163 cm³/mol. The van der Waals surface area contributed by atoms with E-state index in [4.69, 9.17) is 4.74 Å². The molecule has 214 valence electrons. The number of thiophene rings is 2. The van der Waals surface area contributed by atoms with E-state index in [2.05, 4.69) is 20.8 Å². The lowest BCUT2D eigenvalue weighted by atomic mass is 10.1. The maximum atomic E-state index is 13.4. The van der Waals surface area contributed by atoms with Crippen LogP contribution in [0.2, 0.25) is 0 Å². The summed E-state index contributed by atoms with van der Waals surface area (Å²) >= 11 is 4.10. The third-order valence-electron chi connectivity index (χ3n) is 6.96. The molecular formula is C29H31N5O4S3. The molecule has 3 aromatic heterocycles. The first-order valence-corrected chi connectivity index (χ1v) is 16.0. The molecule has 5 rings (SSSR count). The zero-order valence-electron chi connectivity index (χ0n) is 23.3. The monoisotopic (exact) mass is 609 g/mol. The molecule has 12 heteroatoms. The van der Waals surface area contributed by atoms with E-state index in [9.17, 15) is 14.4 Å². The van der Waals surface area contributed by atoms with Crippen molar-refractivity contribution in [1.29, 1.82) is 0 Å². The van der Waals surface area contributed by atoms with Crippen molar-refractivity contribution in [3.05, 3.63) is 73.5 Å². The van der Waals surface area contributed by atoms with Gasteiger partial charge in [-0.2, -0.15) is 0 Å². The molecular weight excluding hydrogens is 579 g/mol. The molecule has 1 aliphatic rings. The van der Waals surface area contributed by atoms with Gasteiger partial charge in [0.15, 0.2) is 11.0 Å². The van der Waals surface area contributed by atoms with Gasteiger partial charge in [-0.05, 0) is 81.2 Å². The number of rotatable bonds is 10. The maximum absolute atomic E-state index is 13.4. The van der Waals surface area contributed by atoms with Crippen molar-refractivity contribution in [2.45, 2.75) is 63.9 Å². The molecule has 0 bridgehead atoms. The molecule has 2 N–H and O–H groups in total. The van der Waals surface area contributed by atoms with Gasteiger partial charge in [0.1, 0.15) is 5.00 Å². The Kier molecular flexibility index (Phi) is 8.91. The number of aryl methyl sites for hydroxylation is 2. The topological polar surface area (TPSA) is 115 Å². The Morgan fingerprint density at radius 2 is 1.98 bits per heavy atom. The fourth-order valence-electron chi connectivity index (χ4n) is 4.70. The molecule has 9 nitrogen and oxygen atoms in total. The summed E-state index contributed by atoms with van der Waals surface area (Å²) in [6.07, 6.45) is 2.71. The van der Waals surface area contributed by atoms with Crippen molar-refractivity contribution < 1.29 is 19.1 Å². The van der Waals surface area contributed by atoms with Crippen LogP contribution in [-0.4, -0.2) is 44.4 Å². The van der Waals surface area contributed by atoms with Crippen LogP contribution in [0.5, 0.6) is 0 Å². The molecule has 41 heavy (non-hydrogen) atoms. The number of benzene rings is 1. The SMILES string of the molecule is CCOC(=O)c1c(NC(=O)[C@H](C)Sc2nnc(CNC(=O)c3cccs3)n2-c2cccc(C)c2C)sc2c1CCC2. The summed E-state index contributed by atoms with van der Waals surface area (Å²) in [5, 5.41) is 17.1. The molecule has 0 fully saturated rings. The van der Waals surface area contributed by atoms with Gasteiger partial charge in [-0.15, -0.1) is 32.9 Å². The van der Waals surface area contributed by atoms with Gasteiger partial charge in [0, 0.05) is 4.88 Å². The summed E-state index contributed by atoms with van der Waals surface area (Å²) < 4.78 is 7.20. The Balaban J connectivity index is 1.39. The molecule has 0 saturated carbocycles. The highest BCUT2D eigenvalue weighted by Gasteiger charge is 2.30. The zero-order valence-corrected chi connectivity index (χ0v) is 25.7. The van der Waals surface area contributed by atoms with E-state index in [0.29, 0.717) is 26.4 Å². The molecule has 1 aromatic carbocycles. The second-order valence-electron chi connectivity index (χ2n) is 9.64. The molecule has 0 aliphatic heterocycles. The number of esters is 1. The maximum Gasteiger partial charge on any atom is 0.341 e. The molecule has 0 unspecified atom stereocenters. The first kappa shape index (κ1) is 29.0. The number of fused-ring (bicyclic) bond motifs is 1. The van der Waals surface area contributed by atoms with Gasteiger partial charge >= 0.3 is 5.97 Å². The highest BCUT2D eigenvalue weighted by molar-refractivity contribution is 8.00. The number of ether oxygens (including phenoxy) is 1. The third-order valence-corrected chi connectivity index (χ3v) is 10.1. The third kappa shape index (κ3) is 6.09. The standard InChI is InChI=1S/C29H31N5O4S3/c1-5-38-28(37)24-19-10-7-12-21(19)41-27(24)31-25(35)18(4)40-29-33-32-23(15-30-26(36)22-13-8-14-39-22)34(29)20-11-6-9-16(2)17(20)3/h6,8-9,11,13-14,18H,5,7,10,12,15H2,1-4H3,(H,30,36)(H,31,35)/t18-/m0/s1. The molecule has 0 radical (unpaired) electrons. The fraction of sp³-hybridized carbons (Fsp3) is 0.345. The average Bonchev–Trinajstić information content (AvgIpc) is 3.74. The second kappa shape index (κ2) is 12.6. The van der Waals surface area contributed by atoms with E-state index < -0.39 is 11.2 Å². The number of hydrogen-bond acceptors (Lipinski definition) is 9. The van der Waals surface area contributed by atoms with Crippen molar-refractivity contribution in [2.75, 3.05) is 11.9 Å². The number of carbonyl (C=O) groups excluding carboxylic acids is 3. The quantitative estimate of drug-likeness (QED) is 0.175. The highest BCUT2D eigenvalue weighted by atomic mass is 32.2. The van der Waals surface area contributed by atoms with Crippen LogP contribution in [0.4, 0.5) is 5.00 Å². The fourth-order valence-corrected chi connectivity index (χ4v) is 7.50. The summed E-state index contributed by atoms with van der Waals surface area (Å²) in [6, 6.07) is 9.57. The lowest BCUT2D eigenvalue weighted by Crippen LogP contribution is -2.25. The zero-order chi connectivity index (χ0) is 29.1. The Morgan fingerprint density at radius 1 is 1.15 bits per heavy atom. The normalized spacial score (nSPS) is 13.1. The minimum atomic E-state index is -0.552. The summed E-state index contributed by atoms with van der Waals surface area (Å²) in [6.45, 7) is 8.07. The van der Waals surface area contributed by atoms with Gasteiger partial charge in [-0.3, -0.25) is 14.2 Å². The lowest BCUT2D eigenvalue weighted by Gasteiger charge is -2.16. The molecule has 2 amide bonds. The molecule has 3 heterocycles. The van der Waals surface area contributed by atoms with Crippen molar-refractivity contribution in [3.8, 4) is 5.69 Å². The first-order chi connectivity index (χ1) is 19.8. The first-order valence-electron chi connectivity index (χ1n) is 13.4. The van der Waals surface area contributed by atoms with Crippen LogP contribution < -0.4 is 10.6 Å². The van der Waals surface area contributed by atoms with E-state index in [1.54, 1.807) is 19.9 Å². The highest BCUT2D eigenvalue weighted by Crippen LogP contribution is 2.40. The van der Waals surface area contributed by atoms with Gasteiger partial charge in [-0.25, -0.2) is 4.79 Å². The van der Waals surface area contributed by atoms with Crippen molar-refractivity contribution in [3.63, 3.8) is 0 Å². The minimum Gasteiger partial charge on any atom is -0.462 e. The predicted octanol–water partition coefficient (Wildman–Crippen LogP) is 5.72. The number of anilines is 1. The second-order valence-corrected chi connectivity index (χ2v) is 13.0. The van der Waals surface area contributed by atoms with E-state index in [-0.39, 0.29) is 25.0 Å². The van der Waals surface area contributed by atoms with Crippen LogP contribution in [0.1, 0.15) is 67.7 Å². The number of thioether (sulfide) groups is 1. The number of carbonyl (C=O) groups is 3. The molecule has 4 aromatic rings. The Morgan fingerprint density at radius 3 is 2.73 bits per heavy atom. The molecule has 1 aliphatic carbocycles. The summed E-state index contributed by atoms with van der Waals surface area (Å²) in [4.78, 5) is 40.5. The summed E-state index contributed by atoms with van der Waals surface area (Å²) in [5.74, 6) is -0.273. The van der Waals surface area contributed by atoms with Crippen molar-refractivity contribution >= 4 is 57.2 Å². The van der Waals surface area contributed by atoms with E-state index in [1.165, 1.54) is 34.4 Å². The van der Waals surface area contributed by atoms with E-state index >= 15 is 0 Å². The Bertz CT molecular complexity index is 1590. The van der Waals surface area contributed by atoms with Crippen LogP contribution >= 0.6 is 34.4 Å². The van der Waals surface area contributed by atoms with E-state index in [1.807, 2.05) is 48.1 Å². The van der Waals surface area contributed by atoms with Gasteiger partial charge in [0.25, 0.3) is 5.91 Å². The number of amides is 2.